The molecule has 1 atom stereocenters. The van der Waals surface area contributed by atoms with Crippen LogP contribution in [-0.2, 0) is 20.9 Å². The number of hydrogen-bond donors (Lipinski definition) is 1. The molecule has 0 aliphatic carbocycles. The minimum atomic E-state index is -0.228. The van der Waals surface area contributed by atoms with Crippen LogP contribution in [0.25, 0.3) is 10.6 Å². The lowest BCUT2D eigenvalue weighted by Gasteiger charge is -2.29. The van der Waals surface area contributed by atoms with E-state index in [1.165, 1.54) is 11.3 Å². The van der Waals surface area contributed by atoms with Crippen LogP contribution in [0.1, 0.15) is 30.5 Å². The molecule has 8 heteroatoms. The van der Waals surface area contributed by atoms with Gasteiger partial charge >= 0.3 is 0 Å². The highest BCUT2D eigenvalue weighted by Gasteiger charge is 2.23. The Labute approximate surface area is 214 Å². The van der Waals surface area contributed by atoms with Crippen LogP contribution in [0, 0.1) is 0 Å². The first-order valence-electron chi connectivity index (χ1n) is 11.7. The Kier molecular flexibility index (Phi) is 8.91. The third-order valence-corrected chi connectivity index (χ3v) is 6.57. The number of nitrogens with zero attached hydrogens (tertiary/aromatic N) is 3. The first-order chi connectivity index (χ1) is 17.6. The molecular weight excluding hydrogens is 472 g/mol. The quantitative estimate of drug-likeness (QED) is 0.301. The highest BCUT2D eigenvalue weighted by molar-refractivity contribution is 7.18. The molecule has 0 aliphatic rings. The number of rotatable bonds is 11. The van der Waals surface area contributed by atoms with Crippen LogP contribution in [-0.4, -0.2) is 40.1 Å². The summed E-state index contributed by atoms with van der Waals surface area (Å²) in [6, 6.07) is 28.9. The van der Waals surface area contributed by atoms with Gasteiger partial charge in [0.15, 0.2) is 0 Å². The zero-order valence-corrected chi connectivity index (χ0v) is 20.9. The zero-order valence-electron chi connectivity index (χ0n) is 20.0. The Balaban J connectivity index is 1.36. The van der Waals surface area contributed by atoms with E-state index in [1.54, 1.807) is 4.90 Å². The van der Waals surface area contributed by atoms with Gasteiger partial charge in [0.25, 0.3) is 0 Å². The lowest BCUT2D eigenvalue weighted by Crippen LogP contribution is -2.38. The van der Waals surface area contributed by atoms with Crippen molar-refractivity contribution in [3.8, 4) is 10.6 Å². The average Bonchev–Trinajstić information content (AvgIpc) is 3.38. The van der Waals surface area contributed by atoms with E-state index in [0.717, 1.165) is 21.7 Å². The lowest BCUT2D eigenvalue weighted by molar-refractivity contribution is -0.139. The number of amides is 2. The Morgan fingerprint density at radius 3 is 2.25 bits per heavy atom. The molecule has 0 aliphatic heterocycles. The van der Waals surface area contributed by atoms with E-state index in [4.69, 9.17) is 4.74 Å². The summed E-state index contributed by atoms with van der Waals surface area (Å²) in [7, 11) is 0. The number of ether oxygens (including phenoxy) is 1. The molecule has 184 valence electrons. The maximum Gasteiger partial charge on any atom is 0.249 e. The summed E-state index contributed by atoms with van der Waals surface area (Å²) in [5, 5.41) is 12.2. The normalized spacial score (nSPS) is 11.6. The van der Waals surface area contributed by atoms with Crippen molar-refractivity contribution >= 4 is 28.3 Å². The van der Waals surface area contributed by atoms with Crippen molar-refractivity contribution in [3.63, 3.8) is 0 Å². The molecule has 0 saturated heterocycles. The van der Waals surface area contributed by atoms with Crippen LogP contribution in [0.15, 0.2) is 91.0 Å². The maximum atomic E-state index is 13.1. The Morgan fingerprint density at radius 1 is 0.917 bits per heavy atom. The summed E-state index contributed by atoms with van der Waals surface area (Å²) < 4.78 is 5.69. The van der Waals surface area contributed by atoms with Gasteiger partial charge in [-0.1, -0.05) is 102 Å². The van der Waals surface area contributed by atoms with Gasteiger partial charge in [-0.3, -0.25) is 9.59 Å². The lowest BCUT2D eigenvalue weighted by atomic mass is 10.1. The predicted octanol–water partition coefficient (Wildman–Crippen LogP) is 5.34. The molecule has 0 saturated carbocycles. The van der Waals surface area contributed by atoms with Gasteiger partial charge < -0.3 is 15.0 Å². The molecule has 1 aromatic heterocycles. The molecule has 1 heterocycles. The van der Waals surface area contributed by atoms with Crippen molar-refractivity contribution in [2.75, 3.05) is 18.5 Å². The molecule has 4 rings (SSSR count). The van der Waals surface area contributed by atoms with E-state index in [2.05, 4.69) is 15.5 Å². The number of aromatic nitrogens is 2. The third-order valence-electron chi connectivity index (χ3n) is 5.68. The Hall–Kier alpha value is -3.88. The molecule has 1 N–H and O–H groups in total. The molecule has 2 amide bonds. The largest absolute Gasteiger partial charge is 0.367 e. The van der Waals surface area contributed by atoms with Crippen molar-refractivity contribution in [2.24, 2.45) is 0 Å². The van der Waals surface area contributed by atoms with Crippen molar-refractivity contribution in [1.29, 1.82) is 0 Å². The fourth-order valence-corrected chi connectivity index (χ4v) is 4.50. The molecule has 7 nitrogen and oxygen atoms in total. The van der Waals surface area contributed by atoms with E-state index in [1.807, 2.05) is 97.9 Å². The molecule has 36 heavy (non-hydrogen) atoms. The highest BCUT2D eigenvalue weighted by Crippen LogP contribution is 2.26. The molecule has 4 aromatic rings. The number of nitrogens with one attached hydrogen (secondary N) is 1. The maximum absolute atomic E-state index is 13.1. The van der Waals surface area contributed by atoms with Crippen molar-refractivity contribution in [2.45, 2.75) is 26.0 Å². The molecule has 0 spiro atoms. The number of benzene rings is 3. The van der Waals surface area contributed by atoms with E-state index in [9.17, 15) is 9.59 Å². The van der Waals surface area contributed by atoms with Crippen LogP contribution < -0.4 is 5.32 Å². The van der Waals surface area contributed by atoms with E-state index >= 15 is 0 Å². The van der Waals surface area contributed by atoms with Crippen LogP contribution in [0.2, 0.25) is 0 Å². The third kappa shape index (κ3) is 7.07. The molecule has 0 unspecified atom stereocenters. The Morgan fingerprint density at radius 2 is 1.56 bits per heavy atom. The second-order valence-electron chi connectivity index (χ2n) is 8.23. The zero-order chi connectivity index (χ0) is 25.2. The van der Waals surface area contributed by atoms with E-state index < -0.39 is 0 Å². The topological polar surface area (TPSA) is 84.4 Å². The predicted molar refractivity (Wildman–Crippen MR) is 141 cm³/mol. The number of hydrogen-bond acceptors (Lipinski definition) is 6. The minimum Gasteiger partial charge on any atom is -0.367 e. The molecule has 0 bridgehead atoms. The van der Waals surface area contributed by atoms with Crippen molar-refractivity contribution in [1.82, 2.24) is 15.1 Å². The summed E-state index contributed by atoms with van der Waals surface area (Å²) in [5.41, 5.74) is 2.93. The summed E-state index contributed by atoms with van der Waals surface area (Å²) in [6.45, 7) is 2.49. The van der Waals surface area contributed by atoms with Crippen molar-refractivity contribution < 1.29 is 14.3 Å². The standard InChI is InChI=1S/C28H28N4O3S/c1-21(23-13-7-3-8-14-23)32(26(34)20-35-19-22-11-5-2-6-12-22)18-17-25(33)29-28-31-30-27(36-28)24-15-9-4-10-16-24/h2-16,21H,17-20H2,1H3,(H,29,31,33)/t21-/m0/s1. The summed E-state index contributed by atoms with van der Waals surface area (Å²) in [5.74, 6) is -0.397. The SMILES string of the molecule is C[C@@H](c1ccccc1)N(CCC(=O)Nc1nnc(-c2ccccc2)s1)C(=O)COCc1ccccc1. The van der Waals surface area contributed by atoms with E-state index in [-0.39, 0.29) is 37.4 Å². The summed E-state index contributed by atoms with van der Waals surface area (Å²) in [6.07, 6.45) is 0.127. The van der Waals surface area contributed by atoms with Crippen LogP contribution >= 0.6 is 11.3 Å². The van der Waals surface area contributed by atoms with Crippen LogP contribution in [0.3, 0.4) is 0 Å². The van der Waals surface area contributed by atoms with Gasteiger partial charge in [0.05, 0.1) is 12.6 Å². The van der Waals surface area contributed by atoms with Crippen LogP contribution in [0.4, 0.5) is 5.13 Å². The van der Waals surface area contributed by atoms with Crippen molar-refractivity contribution in [3.05, 3.63) is 102 Å². The Bertz CT molecular complexity index is 1250. The highest BCUT2D eigenvalue weighted by atomic mass is 32.1. The molecule has 0 fully saturated rings. The van der Waals surface area contributed by atoms with E-state index in [0.29, 0.717) is 11.7 Å². The van der Waals surface area contributed by atoms with Gasteiger partial charge in [-0.05, 0) is 18.1 Å². The second-order valence-corrected chi connectivity index (χ2v) is 9.21. The minimum absolute atomic E-state index is 0.0650. The smallest absolute Gasteiger partial charge is 0.249 e. The monoisotopic (exact) mass is 500 g/mol. The van der Waals surface area contributed by atoms with Gasteiger partial charge in [-0.25, -0.2) is 0 Å². The summed E-state index contributed by atoms with van der Waals surface area (Å²) in [4.78, 5) is 27.5. The van der Waals surface area contributed by atoms with Gasteiger partial charge in [0.2, 0.25) is 16.9 Å². The van der Waals surface area contributed by atoms with Gasteiger partial charge in [-0.15, -0.1) is 10.2 Å². The number of carbonyl (C=O) groups excluding carboxylic acids is 2. The summed E-state index contributed by atoms with van der Waals surface area (Å²) >= 11 is 1.31. The fraction of sp³-hybridized carbons (Fsp3) is 0.214. The van der Waals surface area contributed by atoms with Crippen LogP contribution in [0.5, 0.6) is 0 Å². The molecule has 0 radical (unpaired) electrons. The number of anilines is 1. The van der Waals surface area contributed by atoms with Gasteiger partial charge in [0.1, 0.15) is 11.6 Å². The average molecular weight is 501 g/mol. The molecule has 3 aromatic carbocycles. The fourth-order valence-electron chi connectivity index (χ4n) is 3.73. The first kappa shape index (κ1) is 25.2. The van der Waals surface area contributed by atoms with Gasteiger partial charge in [0, 0.05) is 18.5 Å². The van der Waals surface area contributed by atoms with Gasteiger partial charge in [-0.2, -0.15) is 0 Å². The first-order valence-corrected chi connectivity index (χ1v) is 12.6. The molecular formula is C28H28N4O3S. The number of carbonyl (C=O) groups is 2. The second kappa shape index (κ2) is 12.7.